The third kappa shape index (κ3) is 7.14. The first-order valence-electron chi connectivity index (χ1n) is 7.24. The van der Waals surface area contributed by atoms with Gasteiger partial charge in [0.25, 0.3) is 0 Å². The number of halogens is 2. The van der Waals surface area contributed by atoms with Gasteiger partial charge in [0.05, 0.1) is 27.8 Å². The van der Waals surface area contributed by atoms with Crippen LogP contribution >= 0.6 is 27.5 Å². The SMILES string of the molecule is N#Cc1ccc(S(=O)(=O)CCCBr)cc1.O=C(OO)c1cccc(Cl)c1. The van der Waals surface area contributed by atoms with E-state index in [4.69, 9.17) is 22.1 Å². The molecule has 0 atom stereocenters. The fourth-order valence-electron chi connectivity index (χ4n) is 1.77. The van der Waals surface area contributed by atoms with E-state index in [-0.39, 0.29) is 16.2 Å². The van der Waals surface area contributed by atoms with Crippen LogP contribution in [0.2, 0.25) is 5.02 Å². The first-order valence-corrected chi connectivity index (χ1v) is 10.4. The molecule has 0 bridgehead atoms. The molecule has 0 amide bonds. The minimum absolute atomic E-state index is 0.129. The second-order valence-electron chi connectivity index (χ2n) is 4.89. The number of hydrogen-bond donors (Lipinski definition) is 1. The summed E-state index contributed by atoms with van der Waals surface area (Å²) in [6.07, 6.45) is 0.586. The van der Waals surface area contributed by atoms with E-state index in [0.29, 0.717) is 22.3 Å². The van der Waals surface area contributed by atoms with Crippen molar-refractivity contribution in [1.82, 2.24) is 0 Å². The Morgan fingerprint density at radius 3 is 2.38 bits per heavy atom. The quantitative estimate of drug-likeness (QED) is 0.409. The number of nitrogens with zero attached hydrogens (tertiary/aromatic N) is 1. The summed E-state index contributed by atoms with van der Waals surface area (Å²) >= 11 is 8.75. The number of nitriles is 1. The van der Waals surface area contributed by atoms with E-state index in [1.807, 2.05) is 6.07 Å². The van der Waals surface area contributed by atoms with Crippen LogP contribution in [0, 0.1) is 11.3 Å². The van der Waals surface area contributed by atoms with E-state index < -0.39 is 15.8 Å². The third-order valence-electron chi connectivity index (χ3n) is 3.03. The van der Waals surface area contributed by atoms with Gasteiger partial charge in [-0.05, 0) is 48.9 Å². The number of sulfone groups is 1. The standard InChI is InChI=1S/C10H10BrNO2S.C7H5ClO3/c11-6-1-7-15(13,14)10-4-2-9(8-12)3-5-10;8-6-3-1-2-5(4-6)7(9)11-10/h2-5H,1,6-7H2;1-4,10H. The lowest BCUT2D eigenvalue weighted by molar-refractivity contribution is -0.182. The third-order valence-corrected chi connectivity index (χ3v) is 5.64. The van der Waals surface area contributed by atoms with Gasteiger partial charge < -0.3 is 0 Å². The second kappa shape index (κ2) is 10.9. The predicted molar refractivity (Wildman–Crippen MR) is 101 cm³/mol. The Hall–Kier alpha value is -1.92. The van der Waals surface area contributed by atoms with Gasteiger partial charge in [-0.25, -0.2) is 13.2 Å². The number of rotatable bonds is 5. The highest BCUT2D eigenvalue weighted by molar-refractivity contribution is 9.09. The number of benzene rings is 2. The van der Waals surface area contributed by atoms with Gasteiger partial charge in [-0.15, -0.1) is 0 Å². The molecule has 2 aromatic carbocycles. The molecular formula is C17H15BrClNO5S. The normalized spacial score (nSPS) is 10.2. The Labute approximate surface area is 165 Å². The minimum Gasteiger partial charge on any atom is -0.296 e. The van der Waals surface area contributed by atoms with Crippen LogP contribution in [0.25, 0.3) is 0 Å². The molecule has 2 rings (SSSR count). The summed E-state index contributed by atoms with van der Waals surface area (Å²) in [6.45, 7) is 0. The Kier molecular flexibility index (Phi) is 9.30. The molecule has 0 saturated carbocycles. The second-order valence-corrected chi connectivity index (χ2v) is 8.23. The van der Waals surface area contributed by atoms with Gasteiger partial charge in [0, 0.05) is 10.4 Å². The predicted octanol–water partition coefficient (Wildman–Crippen LogP) is 4.09. The van der Waals surface area contributed by atoms with Crippen molar-refractivity contribution in [2.24, 2.45) is 0 Å². The molecule has 0 saturated heterocycles. The van der Waals surface area contributed by atoms with Crippen molar-refractivity contribution in [3.63, 3.8) is 0 Å². The van der Waals surface area contributed by atoms with Crippen molar-refractivity contribution < 1.29 is 23.4 Å². The van der Waals surface area contributed by atoms with Crippen molar-refractivity contribution in [3.8, 4) is 6.07 Å². The number of alkyl halides is 1. The largest absolute Gasteiger partial charge is 0.372 e. The lowest BCUT2D eigenvalue weighted by Crippen LogP contribution is -2.07. The van der Waals surface area contributed by atoms with Crippen LogP contribution in [0.4, 0.5) is 0 Å². The number of carbonyl (C=O) groups is 1. The number of carbonyl (C=O) groups excluding carboxylic acids is 1. The average molecular weight is 461 g/mol. The van der Waals surface area contributed by atoms with Gasteiger partial charge in [-0.1, -0.05) is 33.6 Å². The fraction of sp³-hybridized carbons (Fsp3) is 0.176. The monoisotopic (exact) mass is 459 g/mol. The maximum absolute atomic E-state index is 11.7. The zero-order valence-electron chi connectivity index (χ0n) is 13.4. The lowest BCUT2D eigenvalue weighted by atomic mass is 10.2. The van der Waals surface area contributed by atoms with Crippen LogP contribution in [0.1, 0.15) is 22.3 Å². The van der Waals surface area contributed by atoms with Crippen molar-refractivity contribution in [3.05, 3.63) is 64.7 Å². The summed E-state index contributed by atoms with van der Waals surface area (Å²) in [5.74, 6) is -0.683. The highest BCUT2D eigenvalue weighted by Crippen LogP contribution is 2.13. The summed E-state index contributed by atoms with van der Waals surface area (Å²) in [5.41, 5.74) is 0.689. The molecular weight excluding hydrogens is 446 g/mol. The van der Waals surface area contributed by atoms with E-state index in [0.717, 1.165) is 0 Å². The Balaban J connectivity index is 0.000000273. The molecule has 138 valence electrons. The lowest BCUT2D eigenvalue weighted by Gasteiger charge is -2.02. The maximum Gasteiger partial charge on any atom is 0.372 e. The van der Waals surface area contributed by atoms with Gasteiger partial charge in [-0.3, -0.25) is 4.89 Å². The minimum atomic E-state index is -3.19. The summed E-state index contributed by atoms with van der Waals surface area (Å²) in [5, 5.41) is 17.6. The van der Waals surface area contributed by atoms with Crippen molar-refractivity contribution >= 4 is 43.3 Å². The first kappa shape index (κ1) is 22.1. The molecule has 6 nitrogen and oxygen atoms in total. The zero-order chi connectivity index (χ0) is 19.6. The smallest absolute Gasteiger partial charge is 0.296 e. The molecule has 0 aromatic heterocycles. The van der Waals surface area contributed by atoms with E-state index >= 15 is 0 Å². The topological polar surface area (TPSA) is 104 Å². The Morgan fingerprint density at radius 2 is 1.88 bits per heavy atom. The maximum atomic E-state index is 11.7. The summed E-state index contributed by atoms with van der Waals surface area (Å²) in [4.78, 5) is 14.4. The van der Waals surface area contributed by atoms with Gasteiger partial charge in [0.1, 0.15) is 0 Å². The van der Waals surface area contributed by atoms with Crippen LogP contribution in [-0.2, 0) is 14.7 Å². The van der Waals surface area contributed by atoms with Gasteiger partial charge in [0.2, 0.25) is 0 Å². The van der Waals surface area contributed by atoms with Gasteiger partial charge in [0.15, 0.2) is 9.84 Å². The molecule has 0 aliphatic rings. The Morgan fingerprint density at radius 1 is 1.23 bits per heavy atom. The van der Waals surface area contributed by atoms with E-state index in [1.165, 1.54) is 36.4 Å². The molecule has 0 fully saturated rings. The molecule has 0 heterocycles. The van der Waals surface area contributed by atoms with Crippen LogP contribution in [0.15, 0.2) is 53.4 Å². The van der Waals surface area contributed by atoms with Crippen molar-refractivity contribution in [1.29, 1.82) is 5.26 Å². The zero-order valence-corrected chi connectivity index (χ0v) is 16.6. The van der Waals surface area contributed by atoms with E-state index in [2.05, 4.69) is 20.8 Å². The molecule has 1 N–H and O–H groups in total. The average Bonchev–Trinajstić information content (AvgIpc) is 2.66. The highest BCUT2D eigenvalue weighted by atomic mass is 79.9. The summed E-state index contributed by atoms with van der Waals surface area (Å²) < 4.78 is 23.4. The van der Waals surface area contributed by atoms with Crippen molar-refractivity contribution in [2.45, 2.75) is 11.3 Å². The van der Waals surface area contributed by atoms with Crippen LogP contribution in [-0.4, -0.2) is 30.7 Å². The number of hydrogen-bond acceptors (Lipinski definition) is 6. The van der Waals surface area contributed by atoms with E-state index in [1.54, 1.807) is 12.1 Å². The molecule has 0 radical (unpaired) electrons. The highest BCUT2D eigenvalue weighted by Gasteiger charge is 2.13. The molecule has 0 aliphatic heterocycles. The molecule has 0 aliphatic carbocycles. The molecule has 2 aromatic rings. The Bertz CT molecular complexity index is 879. The molecule has 26 heavy (non-hydrogen) atoms. The fourth-order valence-corrected chi connectivity index (χ4v) is 3.92. The van der Waals surface area contributed by atoms with Crippen LogP contribution in [0.3, 0.4) is 0 Å². The summed E-state index contributed by atoms with van der Waals surface area (Å²) in [6, 6.07) is 14.0. The van der Waals surface area contributed by atoms with Crippen molar-refractivity contribution in [2.75, 3.05) is 11.1 Å². The molecule has 0 unspecified atom stereocenters. The molecule has 9 heteroatoms. The molecule has 0 spiro atoms. The first-order chi connectivity index (χ1) is 12.3. The van der Waals surface area contributed by atoms with E-state index in [9.17, 15) is 13.2 Å². The van der Waals surface area contributed by atoms with Crippen LogP contribution < -0.4 is 0 Å². The van der Waals surface area contributed by atoms with Crippen LogP contribution in [0.5, 0.6) is 0 Å². The van der Waals surface area contributed by atoms with Gasteiger partial charge >= 0.3 is 5.97 Å². The summed E-state index contributed by atoms with van der Waals surface area (Å²) in [7, 11) is -3.19. The van der Waals surface area contributed by atoms with Gasteiger partial charge in [-0.2, -0.15) is 10.5 Å².